The number of nitrogens with zero attached hydrogens (tertiary/aromatic N) is 3. The molecule has 0 radical (unpaired) electrons. The van der Waals surface area contributed by atoms with E-state index in [1.165, 1.54) is 20.3 Å². The van der Waals surface area contributed by atoms with Gasteiger partial charge in [0.15, 0.2) is 81.4 Å². The maximum absolute atomic E-state index is 17.6. The fourth-order valence-corrected chi connectivity index (χ4v) is 34.8. The first-order chi connectivity index (χ1) is 68.0. The summed E-state index contributed by atoms with van der Waals surface area (Å²) >= 11 is 0. The number of carbonyl (C=O) groups is 5. The maximum Gasteiger partial charge on any atom is 0.344 e. The number of rotatable bonds is 13. The number of aliphatic carboxylic acids is 1. The van der Waals surface area contributed by atoms with Crippen molar-refractivity contribution in [2.24, 2.45) is 136 Å². The number of alkyl halides is 4. The van der Waals surface area contributed by atoms with Gasteiger partial charge in [0.25, 0.3) is 0 Å². The third-order valence-electron chi connectivity index (χ3n) is 40.8. The number of esters is 2. The number of nitrogens with two attached hydrogens (primary N) is 1. The van der Waals surface area contributed by atoms with Gasteiger partial charge in [0, 0.05) is 85.8 Å². The van der Waals surface area contributed by atoms with E-state index >= 15 is 17.6 Å². The van der Waals surface area contributed by atoms with Crippen LogP contribution in [0, 0.1) is 114 Å². The lowest BCUT2D eigenvalue weighted by Gasteiger charge is -2.63. The molecular weight excluding hydrogens is 1900 g/mol. The van der Waals surface area contributed by atoms with Gasteiger partial charge in [-0.1, -0.05) is 139 Å². The summed E-state index contributed by atoms with van der Waals surface area (Å²) in [6.07, 6.45) is 24.3. The van der Waals surface area contributed by atoms with Crippen LogP contribution in [0.25, 0.3) is 0 Å². The number of halogens is 4. The molecule has 16 aliphatic carbocycles. The van der Waals surface area contributed by atoms with Crippen molar-refractivity contribution < 1.29 is 163 Å². The van der Waals surface area contributed by atoms with Crippen molar-refractivity contribution in [3.05, 3.63) is 108 Å². The summed E-state index contributed by atoms with van der Waals surface area (Å²) in [5.74, 6) is -4.20. The normalized spacial score (nSPS) is 49.6. The standard InChI is InChI=1S/C29H40FNO7.C26H34FNO8.C25H34FNO6.C24H31FO6.C2H5NO3.CH4/c1-7-24(34)37-16-23(33)29(38-25(35)8-2)17(3)13-21-20-10-9-18-14-19(31-36-6)11-12-26(18,4)28(20,30)22(32)15-27(21,29)5;1-15-8-19-18-5-4-16-9-17(28-36-11-21(30)31)6-7-22(16,2)25(18,27)20(29)10-23(19,3)26(15)24(34-14-35-26)12-32-13-33-24;1-15-9-19-18-6-5-16-10-17(27-29-4)7-8-21(16,2)24(18,26)20(28)11-22(19,3)25(15)23(32-14-33-25)12-30-13-31-23;1-14-8-18-17-5-4-15-9-16(26)6-7-20(15,2)23(17,25)19(27)10-21(18,3)24(14)22(30-13-31-24)11-28-12-29-22;1-2(5-3)6-4;/h11-12,14,17,20-22,32H,7-10,13,15-16H2,1-6H3;6-7,9,15,18-20,29H,4-5,8,10-14H2,1-3H3,(H,30,31);7-8,10,15,18-20,28H,5-6,9,11-14H2,1-4H3;6-7,9,14,17-19,27H,4-5,8,10-13H2,1-3H3;4H,1,3H2;1H4/b31-19+;28-17+;27-17+;;;/t17-,20-,21-,22-,26-,27-,28-,29-;15-,18-,19-,20-,22-,23-,24?,25-,26+;15-,18-,19-,20-,21-,22-,23?,24-,25+;14-,17-,18-,19-,20-,21-,22?,23-,24+;;/m0000../s1. The second-order valence-corrected chi connectivity index (χ2v) is 46.1. The number of carbonyl (C=O) groups excluding carboxylic acids is 4. The molecule has 145 heavy (non-hydrogen) atoms. The number of hydrogen-bond acceptors (Lipinski definition) is 33. The Morgan fingerprint density at radius 2 is 0.766 bits per heavy atom. The average molecular weight is 2050 g/mol. The molecule has 22 rings (SSSR count). The first kappa shape index (κ1) is 109. The second-order valence-electron chi connectivity index (χ2n) is 46.1. The van der Waals surface area contributed by atoms with E-state index in [1.54, 1.807) is 56.4 Å². The number of aliphatic hydroxyl groups excluding tert-OH is 4. The topological polar surface area (TPSA) is 445 Å². The molecule has 8 N–H and O–H groups in total. The van der Waals surface area contributed by atoms with Gasteiger partial charge in [-0.05, 0) is 227 Å². The summed E-state index contributed by atoms with van der Waals surface area (Å²) in [5.41, 5.74) is -13.2. The van der Waals surface area contributed by atoms with Gasteiger partial charge < -0.3 is 111 Å². The Balaban J connectivity index is 0.000000130. The fraction of sp³-hybridized carbons (Fsp3) is 0.757. The first-order valence-electron chi connectivity index (χ1n) is 51.1. The van der Waals surface area contributed by atoms with Crippen LogP contribution in [0.4, 0.5) is 17.6 Å². The van der Waals surface area contributed by atoms with Crippen molar-refractivity contribution in [3.63, 3.8) is 0 Å². The minimum absolute atomic E-state index is 0. The summed E-state index contributed by atoms with van der Waals surface area (Å²) in [5, 5.41) is 74.7. The Labute approximate surface area is 843 Å². The van der Waals surface area contributed by atoms with Crippen LogP contribution in [-0.4, -0.2) is 252 Å². The number of ketones is 2. The monoisotopic (exact) mass is 2050 g/mol. The van der Waals surface area contributed by atoms with Crippen LogP contribution in [0.2, 0.25) is 0 Å². The van der Waals surface area contributed by atoms with Crippen LogP contribution < -0.4 is 5.90 Å². The van der Waals surface area contributed by atoms with Crippen LogP contribution in [0.1, 0.15) is 220 Å². The largest absolute Gasteiger partial charge is 0.479 e. The molecule has 18 fully saturated rings. The highest BCUT2D eigenvalue weighted by molar-refractivity contribution is 6.07. The molecule has 0 aromatic rings. The molecule has 0 aromatic heterocycles. The highest BCUT2D eigenvalue weighted by Gasteiger charge is 2.87. The molecule has 12 saturated carbocycles. The number of hydrogen-bond donors (Lipinski definition) is 7. The Hall–Kier alpha value is -7.58. The van der Waals surface area contributed by atoms with Gasteiger partial charge in [-0.15, -0.1) is 0 Å². The zero-order valence-corrected chi connectivity index (χ0v) is 85.3. The van der Waals surface area contributed by atoms with Gasteiger partial charge in [-0.3, -0.25) is 24.1 Å². The van der Waals surface area contributed by atoms with Gasteiger partial charge in [0.2, 0.25) is 29.8 Å². The van der Waals surface area contributed by atoms with Gasteiger partial charge in [-0.25, -0.2) is 22.4 Å². The Morgan fingerprint density at radius 1 is 0.448 bits per heavy atom. The minimum atomic E-state index is -2.00. The van der Waals surface area contributed by atoms with E-state index in [4.69, 9.17) is 91.2 Å². The van der Waals surface area contributed by atoms with Crippen molar-refractivity contribution in [1.82, 2.24) is 0 Å². The Bertz CT molecular complexity index is 5390. The van der Waals surface area contributed by atoms with E-state index < -0.39 is 185 Å². The SMILES string of the molecule is C.C=C(ON)OO.CCC(=O)OCC(=O)[C@@]1(OC(=O)CC)[C@@H](C)C[C@H]2[C@@H]3CCC4=C/C(=N/OC)C=C[C@]4(C)[C@@]3(F)[C@@H](O)C[C@@]21C.CO/N=C1\C=C[C@@]2(C)C(=C1)CC[C@H]1[C@@H]3C[C@H](C)[C@@]4(OCOC45COCO5)[C@@]3(C)C[C@H](O)[C@@]12F.C[C@H]1C[C@H]2[C@@H]3CCC4=C/C(=N/OCC(=O)O)C=C[C@]4(C)[C@@]3(F)[C@@H](O)C[C@]2(C)[C@]12OCOC21COCO1.C[C@H]1C[C@H]2[C@@H]3CCC4=CC(=O)C=C[C@]4(C)[C@@]3(F)[C@@H](O)C[C@]2(C)[C@]12OCOC21COCO1. The highest BCUT2D eigenvalue weighted by Crippen LogP contribution is 2.80. The predicted octanol–water partition coefficient (Wildman–Crippen LogP) is 14.2. The van der Waals surface area contributed by atoms with Crippen molar-refractivity contribution in [2.75, 3.05) is 88.0 Å². The van der Waals surface area contributed by atoms with Gasteiger partial charge >= 0.3 is 23.9 Å². The smallest absolute Gasteiger partial charge is 0.344 e. The highest BCUT2D eigenvalue weighted by atomic mass is 19.2. The lowest BCUT2D eigenvalue weighted by molar-refractivity contribution is -0.277. The number of Topliss-reactive ketones (excluding diaryl/α,β-unsaturated/α-hetero) is 1. The van der Waals surface area contributed by atoms with E-state index in [-0.39, 0.29) is 172 Å². The number of aliphatic hydroxyl groups is 4. The van der Waals surface area contributed by atoms with E-state index in [9.17, 15) is 44.4 Å². The lowest BCUT2D eigenvalue weighted by atomic mass is 9.44. The van der Waals surface area contributed by atoms with Crippen LogP contribution >= 0.6 is 0 Å². The van der Waals surface area contributed by atoms with E-state index in [0.29, 0.717) is 68.5 Å². The predicted molar refractivity (Wildman–Crippen MR) is 510 cm³/mol. The van der Waals surface area contributed by atoms with Crippen molar-refractivity contribution in [1.29, 1.82) is 0 Å². The van der Waals surface area contributed by atoms with Gasteiger partial charge in [0.05, 0.1) is 24.4 Å². The Morgan fingerprint density at radius 3 is 1.08 bits per heavy atom. The number of carboxylic acids is 1. The Kier molecular flexibility index (Phi) is 28.5. The molecule has 35 atom stereocenters. The molecule has 22 aliphatic rings. The zero-order valence-electron chi connectivity index (χ0n) is 85.3. The molecule has 38 heteroatoms. The third kappa shape index (κ3) is 14.6. The fourth-order valence-electron chi connectivity index (χ4n) is 34.8. The molecule has 0 amide bonds. The molecular formula is C107H148F4N4O30. The van der Waals surface area contributed by atoms with Crippen LogP contribution in [0.15, 0.2) is 123 Å². The molecule has 34 nitrogen and oxygen atoms in total. The summed E-state index contributed by atoms with van der Waals surface area (Å²) < 4.78 is 154. The second kappa shape index (κ2) is 38.0. The van der Waals surface area contributed by atoms with Crippen LogP contribution in [0.3, 0.4) is 0 Å². The molecule has 0 aromatic carbocycles. The van der Waals surface area contributed by atoms with Crippen molar-refractivity contribution in [2.45, 2.75) is 307 Å². The summed E-state index contributed by atoms with van der Waals surface area (Å²) in [7, 11) is 2.96. The summed E-state index contributed by atoms with van der Waals surface area (Å²) in [6, 6.07) is 0. The lowest BCUT2D eigenvalue weighted by Crippen LogP contribution is -2.71. The maximum atomic E-state index is 17.6. The number of allylic oxidation sites excluding steroid dienone is 16. The quantitative estimate of drug-likeness (QED) is 0.0296. The first-order valence-corrected chi connectivity index (χ1v) is 51.1. The van der Waals surface area contributed by atoms with Crippen LogP contribution in [-0.2, 0) is 115 Å². The number of oxime groups is 3. The van der Waals surface area contributed by atoms with E-state index in [0.717, 1.165) is 48.0 Å². The molecule has 6 saturated heterocycles. The molecule has 0 bridgehead atoms. The number of carboxylic acid groups (broad SMARTS) is 1. The molecule has 6 heterocycles. The molecule has 6 aliphatic heterocycles. The van der Waals surface area contributed by atoms with Crippen molar-refractivity contribution in [3.8, 4) is 0 Å². The molecule has 804 valence electrons. The summed E-state index contributed by atoms with van der Waals surface area (Å²) in [4.78, 5) is 83.0. The van der Waals surface area contributed by atoms with E-state index in [1.807, 2.05) is 65.8 Å². The van der Waals surface area contributed by atoms with Gasteiger partial charge in [-0.2, -0.15) is 11.2 Å². The minimum Gasteiger partial charge on any atom is -0.479 e. The number of fused-ring (bicyclic) bond motifs is 26. The zero-order chi connectivity index (χ0) is 104. The average Bonchev–Trinajstić information content (AvgIpc) is 1.50. The van der Waals surface area contributed by atoms with Gasteiger partial charge in [0.1, 0.15) is 68.0 Å². The van der Waals surface area contributed by atoms with Crippen molar-refractivity contribution >= 4 is 46.6 Å². The molecule has 3 unspecified atom stereocenters. The summed E-state index contributed by atoms with van der Waals surface area (Å²) in [6.45, 7) is 30.6. The molecule has 6 spiro atoms. The van der Waals surface area contributed by atoms with E-state index in [2.05, 4.69) is 79.2 Å². The third-order valence-corrected chi connectivity index (χ3v) is 40.8. The van der Waals surface area contributed by atoms with Crippen LogP contribution in [0.5, 0.6) is 0 Å². The number of ether oxygens (including phenoxy) is 14.